The lowest BCUT2D eigenvalue weighted by Gasteiger charge is -2.30. The number of carbonyl (C=O) groups is 1. The summed E-state index contributed by atoms with van der Waals surface area (Å²) in [5, 5.41) is 9.03. The Hall–Kier alpha value is -1.08. The second kappa shape index (κ2) is 9.00. The predicted molar refractivity (Wildman–Crippen MR) is 67.4 cm³/mol. The molecule has 0 aliphatic carbocycles. The van der Waals surface area contributed by atoms with Gasteiger partial charge in [-0.3, -0.25) is 4.79 Å². The minimum atomic E-state index is -0.508. The molecule has 0 aromatic heterocycles. The highest BCUT2D eigenvalue weighted by Gasteiger charge is 2.26. The lowest BCUT2D eigenvalue weighted by Crippen LogP contribution is -2.43. The molecule has 1 amide bonds. The largest absolute Gasteiger partial charge is 0.383 e. The first-order valence-electron chi connectivity index (χ1n) is 6.31. The van der Waals surface area contributed by atoms with E-state index in [4.69, 9.17) is 10.00 Å². The van der Waals surface area contributed by atoms with Crippen molar-refractivity contribution in [2.75, 3.05) is 20.3 Å². The summed E-state index contributed by atoms with van der Waals surface area (Å²) < 4.78 is 5.01. The molecule has 0 aromatic carbocycles. The molecule has 17 heavy (non-hydrogen) atoms. The van der Waals surface area contributed by atoms with E-state index in [9.17, 15) is 4.79 Å². The van der Waals surface area contributed by atoms with E-state index in [0.717, 1.165) is 12.8 Å². The molecule has 0 spiro atoms. The molecular weight excluding hydrogens is 216 g/mol. The van der Waals surface area contributed by atoms with Crippen LogP contribution in [-0.4, -0.2) is 37.1 Å². The van der Waals surface area contributed by atoms with E-state index in [1.165, 1.54) is 0 Å². The molecule has 2 unspecified atom stereocenters. The summed E-state index contributed by atoms with van der Waals surface area (Å²) >= 11 is 0. The van der Waals surface area contributed by atoms with Gasteiger partial charge >= 0.3 is 0 Å². The van der Waals surface area contributed by atoms with Crippen LogP contribution in [0.4, 0.5) is 0 Å². The van der Waals surface area contributed by atoms with E-state index in [1.807, 2.05) is 20.8 Å². The third-order valence-corrected chi connectivity index (χ3v) is 2.97. The Balaban J connectivity index is 4.66. The van der Waals surface area contributed by atoms with E-state index in [1.54, 1.807) is 12.0 Å². The maximum Gasteiger partial charge on any atom is 0.240 e. The van der Waals surface area contributed by atoms with Crippen molar-refractivity contribution in [3.8, 4) is 6.07 Å². The minimum Gasteiger partial charge on any atom is -0.383 e. The summed E-state index contributed by atoms with van der Waals surface area (Å²) in [7, 11) is 1.62. The maximum absolute atomic E-state index is 12.2. The van der Waals surface area contributed by atoms with E-state index in [2.05, 4.69) is 6.07 Å². The van der Waals surface area contributed by atoms with E-state index >= 15 is 0 Å². The van der Waals surface area contributed by atoms with Gasteiger partial charge in [0.2, 0.25) is 5.91 Å². The zero-order chi connectivity index (χ0) is 13.3. The zero-order valence-electron chi connectivity index (χ0n) is 11.4. The Labute approximate surface area is 105 Å². The second-order valence-corrected chi connectivity index (χ2v) is 4.25. The van der Waals surface area contributed by atoms with E-state index in [-0.39, 0.29) is 11.9 Å². The molecule has 0 aliphatic rings. The second-order valence-electron chi connectivity index (χ2n) is 4.25. The molecule has 0 saturated heterocycles. The molecule has 98 valence electrons. The summed E-state index contributed by atoms with van der Waals surface area (Å²) in [6, 6.07) is 2.26. The van der Waals surface area contributed by atoms with Gasteiger partial charge < -0.3 is 9.64 Å². The fourth-order valence-electron chi connectivity index (χ4n) is 1.69. The lowest BCUT2D eigenvalue weighted by atomic mass is 10.0. The molecule has 0 rings (SSSR count). The molecular formula is C13H24N2O2. The Morgan fingerprint density at radius 2 is 2.12 bits per heavy atom. The molecule has 0 bridgehead atoms. The van der Waals surface area contributed by atoms with Gasteiger partial charge in [-0.2, -0.15) is 5.26 Å². The van der Waals surface area contributed by atoms with Crippen LogP contribution in [0, 0.1) is 17.2 Å². The van der Waals surface area contributed by atoms with Gasteiger partial charge in [0, 0.05) is 19.7 Å². The molecule has 2 atom stereocenters. The van der Waals surface area contributed by atoms with Crippen LogP contribution < -0.4 is 0 Å². The smallest absolute Gasteiger partial charge is 0.240 e. The maximum atomic E-state index is 12.2. The SMILES string of the molecule is CCCC(C#N)C(=O)N(CCOC)C(C)CC. The number of hydrogen-bond acceptors (Lipinski definition) is 3. The fraction of sp³-hybridized carbons (Fsp3) is 0.846. The van der Waals surface area contributed by atoms with E-state index < -0.39 is 5.92 Å². The zero-order valence-corrected chi connectivity index (χ0v) is 11.4. The predicted octanol–water partition coefficient (Wildman–Crippen LogP) is 2.20. The first-order chi connectivity index (χ1) is 8.12. The van der Waals surface area contributed by atoms with E-state index in [0.29, 0.717) is 19.6 Å². The normalized spacial score (nSPS) is 13.8. The number of hydrogen-bond donors (Lipinski definition) is 0. The molecule has 0 saturated carbocycles. The molecule has 0 radical (unpaired) electrons. The van der Waals surface area contributed by atoms with Crippen molar-refractivity contribution in [3.05, 3.63) is 0 Å². The Morgan fingerprint density at radius 1 is 1.47 bits per heavy atom. The molecule has 0 aromatic rings. The summed E-state index contributed by atoms with van der Waals surface area (Å²) in [5.74, 6) is -0.563. The van der Waals surface area contributed by atoms with Gasteiger partial charge in [0.05, 0.1) is 12.7 Å². The van der Waals surface area contributed by atoms with Crippen LogP contribution in [0.2, 0.25) is 0 Å². The third kappa shape index (κ3) is 5.18. The van der Waals surface area contributed by atoms with Crippen molar-refractivity contribution < 1.29 is 9.53 Å². The van der Waals surface area contributed by atoms with Gasteiger partial charge in [-0.15, -0.1) is 0 Å². The molecule has 0 fully saturated rings. The average Bonchev–Trinajstić information content (AvgIpc) is 2.35. The van der Waals surface area contributed by atoms with Crippen LogP contribution in [0.3, 0.4) is 0 Å². The summed E-state index contributed by atoms with van der Waals surface area (Å²) in [6.45, 7) is 7.11. The van der Waals surface area contributed by atoms with Crippen molar-refractivity contribution in [1.29, 1.82) is 5.26 Å². The van der Waals surface area contributed by atoms with Crippen LogP contribution >= 0.6 is 0 Å². The first kappa shape index (κ1) is 15.9. The highest BCUT2D eigenvalue weighted by Crippen LogP contribution is 2.13. The number of nitriles is 1. The van der Waals surface area contributed by atoms with Gasteiger partial charge in [0.1, 0.15) is 5.92 Å². The third-order valence-electron chi connectivity index (χ3n) is 2.97. The van der Waals surface area contributed by atoms with Crippen molar-refractivity contribution in [1.82, 2.24) is 4.90 Å². The lowest BCUT2D eigenvalue weighted by molar-refractivity contribution is -0.136. The quantitative estimate of drug-likeness (QED) is 0.653. The number of ether oxygens (including phenoxy) is 1. The van der Waals surface area contributed by atoms with Crippen LogP contribution in [0.5, 0.6) is 0 Å². The number of nitrogens with zero attached hydrogens (tertiary/aromatic N) is 2. The van der Waals surface area contributed by atoms with Crippen LogP contribution in [0.15, 0.2) is 0 Å². The molecule has 0 N–H and O–H groups in total. The number of carbonyl (C=O) groups excluding carboxylic acids is 1. The molecule has 0 aliphatic heterocycles. The Bertz CT molecular complexity index is 261. The summed E-state index contributed by atoms with van der Waals surface area (Å²) in [5.41, 5.74) is 0. The van der Waals surface area contributed by atoms with Crippen molar-refractivity contribution in [2.45, 2.75) is 46.1 Å². The van der Waals surface area contributed by atoms with Crippen molar-refractivity contribution in [3.63, 3.8) is 0 Å². The number of amides is 1. The minimum absolute atomic E-state index is 0.0549. The topological polar surface area (TPSA) is 53.3 Å². The van der Waals surface area contributed by atoms with Crippen LogP contribution in [-0.2, 0) is 9.53 Å². The first-order valence-corrected chi connectivity index (χ1v) is 6.31. The van der Waals surface area contributed by atoms with Gasteiger partial charge in [-0.1, -0.05) is 20.3 Å². The van der Waals surface area contributed by atoms with Gasteiger partial charge in [0.15, 0.2) is 0 Å². The molecule has 4 nitrogen and oxygen atoms in total. The van der Waals surface area contributed by atoms with Crippen LogP contribution in [0.1, 0.15) is 40.0 Å². The van der Waals surface area contributed by atoms with Crippen molar-refractivity contribution in [2.24, 2.45) is 5.92 Å². The fourth-order valence-corrected chi connectivity index (χ4v) is 1.69. The average molecular weight is 240 g/mol. The van der Waals surface area contributed by atoms with Gasteiger partial charge in [-0.05, 0) is 19.8 Å². The summed E-state index contributed by atoms with van der Waals surface area (Å²) in [6.07, 6.45) is 2.37. The Morgan fingerprint density at radius 3 is 2.53 bits per heavy atom. The molecule has 4 heteroatoms. The highest BCUT2D eigenvalue weighted by atomic mass is 16.5. The standard InChI is InChI=1S/C13H24N2O2/c1-5-7-12(10-14)13(16)15(8-9-17-4)11(3)6-2/h11-12H,5-9H2,1-4H3. The van der Waals surface area contributed by atoms with Gasteiger partial charge in [0.25, 0.3) is 0 Å². The number of rotatable bonds is 8. The van der Waals surface area contributed by atoms with Gasteiger partial charge in [-0.25, -0.2) is 0 Å². The summed E-state index contributed by atoms with van der Waals surface area (Å²) in [4.78, 5) is 14.0. The molecule has 0 heterocycles. The van der Waals surface area contributed by atoms with Crippen molar-refractivity contribution >= 4 is 5.91 Å². The Kier molecular flexibility index (Phi) is 8.43. The highest BCUT2D eigenvalue weighted by molar-refractivity contribution is 5.81. The monoisotopic (exact) mass is 240 g/mol. The van der Waals surface area contributed by atoms with Crippen LogP contribution in [0.25, 0.3) is 0 Å². The number of methoxy groups -OCH3 is 1.